The Bertz CT molecular complexity index is 1060. The first-order valence-electron chi connectivity index (χ1n) is 9.08. The molecule has 2 aromatic heterocycles. The van der Waals surface area contributed by atoms with Crippen LogP contribution >= 0.6 is 0 Å². The number of hydrogen-bond acceptors (Lipinski definition) is 5. The molecule has 0 fully saturated rings. The molecule has 0 atom stereocenters. The van der Waals surface area contributed by atoms with E-state index in [2.05, 4.69) is 77.3 Å². The van der Waals surface area contributed by atoms with Gasteiger partial charge in [0.05, 0.1) is 12.4 Å². The zero-order chi connectivity index (χ0) is 19.6. The topological polar surface area (TPSA) is 65.7 Å². The molecule has 0 amide bonds. The number of ether oxygens (including phenoxy) is 1. The highest BCUT2D eigenvalue weighted by molar-refractivity contribution is 5.41. The molecule has 0 saturated heterocycles. The maximum absolute atomic E-state index is 5.89. The van der Waals surface area contributed by atoms with E-state index in [1.54, 1.807) is 24.7 Å². The van der Waals surface area contributed by atoms with Gasteiger partial charge in [-0.25, -0.2) is 4.98 Å². The molecule has 4 rings (SSSR count). The molecule has 0 spiro atoms. The summed E-state index contributed by atoms with van der Waals surface area (Å²) in [5.74, 6) is 1.51. The van der Waals surface area contributed by atoms with Gasteiger partial charge in [-0.05, 0) is 30.2 Å². The summed E-state index contributed by atoms with van der Waals surface area (Å²) in [6.07, 6.45) is 4.77. The summed E-state index contributed by atoms with van der Waals surface area (Å²) in [5, 5.41) is 8.06. The van der Waals surface area contributed by atoms with E-state index >= 15 is 0 Å². The van der Waals surface area contributed by atoms with Crippen molar-refractivity contribution in [3.05, 3.63) is 89.9 Å². The van der Waals surface area contributed by atoms with Crippen molar-refractivity contribution in [2.45, 2.75) is 26.2 Å². The predicted molar refractivity (Wildman–Crippen MR) is 107 cm³/mol. The Balaban J connectivity index is 1.54. The zero-order valence-corrected chi connectivity index (χ0v) is 16.1. The molecular weight excluding hydrogens is 350 g/mol. The van der Waals surface area contributed by atoms with Crippen molar-refractivity contribution in [3.8, 4) is 17.6 Å². The van der Waals surface area contributed by atoms with Crippen molar-refractivity contribution in [2.24, 2.45) is 0 Å². The van der Waals surface area contributed by atoms with Crippen LogP contribution in [-0.4, -0.2) is 25.0 Å². The van der Waals surface area contributed by atoms with E-state index in [-0.39, 0.29) is 5.41 Å². The molecule has 0 aliphatic heterocycles. The van der Waals surface area contributed by atoms with Crippen LogP contribution in [-0.2, 0) is 5.41 Å². The molecule has 0 radical (unpaired) electrons. The summed E-state index contributed by atoms with van der Waals surface area (Å²) in [5.41, 5.74) is 3.66. The van der Waals surface area contributed by atoms with Crippen LogP contribution < -0.4 is 4.74 Å². The smallest absolute Gasteiger partial charge is 0.271 e. The van der Waals surface area contributed by atoms with Gasteiger partial charge in [-0.15, -0.1) is 4.80 Å². The lowest BCUT2D eigenvalue weighted by atomic mass is 9.78. The fraction of sp³-hybridized carbons (Fsp3) is 0.182. The van der Waals surface area contributed by atoms with E-state index in [1.165, 1.54) is 21.5 Å². The van der Waals surface area contributed by atoms with Crippen LogP contribution in [0.25, 0.3) is 5.95 Å². The maximum atomic E-state index is 5.89. The summed E-state index contributed by atoms with van der Waals surface area (Å²) in [7, 11) is 0. The summed E-state index contributed by atoms with van der Waals surface area (Å²) >= 11 is 0. The van der Waals surface area contributed by atoms with Crippen molar-refractivity contribution >= 4 is 0 Å². The van der Waals surface area contributed by atoms with Crippen LogP contribution in [0.15, 0.2) is 73.2 Å². The Morgan fingerprint density at radius 3 is 2.04 bits per heavy atom. The van der Waals surface area contributed by atoms with Gasteiger partial charge in [0.25, 0.3) is 5.95 Å². The molecule has 0 unspecified atom stereocenters. The lowest BCUT2D eigenvalue weighted by Gasteiger charge is -2.26. The second-order valence-electron chi connectivity index (χ2n) is 7.13. The molecule has 0 N–H and O–H groups in total. The van der Waals surface area contributed by atoms with Crippen molar-refractivity contribution in [1.29, 1.82) is 0 Å². The summed E-state index contributed by atoms with van der Waals surface area (Å²) in [4.78, 5) is 9.85. The molecule has 2 heterocycles. The fourth-order valence-corrected chi connectivity index (χ4v) is 3.00. The molecule has 0 aliphatic rings. The van der Waals surface area contributed by atoms with E-state index in [0.29, 0.717) is 17.6 Å². The first-order valence-corrected chi connectivity index (χ1v) is 9.08. The Kier molecular flexibility index (Phi) is 4.61. The lowest BCUT2D eigenvalue weighted by Crippen LogP contribution is -2.18. The second-order valence-corrected chi connectivity index (χ2v) is 7.13. The van der Waals surface area contributed by atoms with Crippen LogP contribution in [0, 0.1) is 6.92 Å². The average molecular weight is 371 g/mol. The molecule has 140 valence electrons. The summed E-state index contributed by atoms with van der Waals surface area (Å²) in [6.45, 7) is 6.55. The molecular formula is C22H21N5O. The minimum atomic E-state index is -0.0971. The van der Waals surface area contributed by atoms with Gasteiger partial charge >= 0.3 is 0 Å². The van der Waals surface area contributed by atoms with Gasteiger partial charge in [0.2, 0.25) is 5.88 Å². The number of aromatic nitrogens is 5. The van der Waals surface area contributed by atoms with Gasteiger partial charge in [0.1, 0.15) is 5.75 Å². The molecule has 6 nitrogen and oxygen atoms in total. The van der Waals surface area contributed by atoms with Crippen LogP contribution in [0.5, 0.6) is 11.6 Å². The van der Waals surface area contributed by atoms with Crippen molar-refractivity contribution in [1.82, 2.24) is 25.0 Å². The molecule has 28 heavy (non-hydrogen) atoms. The highest BCUT2D eigenvalue weighted by atomic mass is 16.5. The van der Waals surface area contributed by atoms with Crippen LogP contribution in [0.4, 0.5) is 0 Å². The Morgan fingerprint density at radius 2 is 1.39 bits per heavy atom. The van der Waals surface area contributed by atoms with Gasteiger partial charge in [-0.2, -0.15) is 15.2 Å². The van der Waals surface area contributed by atoms with E-state index in [1.807, 2.05) is 12.1 Å². The van der Waals surface area contributed by atoms with Gasteiger partial charge in [-0.1, -0.05) is 55.8 Å². The third kappa shape index (κ3) is 3.62. The van der Waals surface area contributed by atoms with Crippen molar-refractivity contribution in [3.63, 3.8) is 0 Å². The summed E-state index contributed by atoms with van der Waals surface area (Å²) in [6, 6.07) is 18.5. The highest BCUT2D eigenvalue weighted by Crippen LogP contribution is 2.33. The van der Waals surface area contributed by atoms with E-state index in [9.17, 15) is 0 Å². The third-order valence-electron chi connectivity index (χ3n) is 4.79. The third-order valence-corrected chi connectivity index (χ3v) is 4.79. The number of benzene rings is 2. The largest absolute Gasteiger partial charge is 0.439 e. The minimum absolute atomic E-state index is 0.0971. The van der Waals surface area contributed by atoms with E-state index in [4.69, 9.17) is 4.74 Å². The normalized spacial score (nSPS) is 11.4. The highest BCUT2D eigenvalue weighted by Gasteiger charge is 2.22. The van der Waals surface area contributed by atoms with Gasteiger partial charge in [0, 0.05) is 17.7 Å². The molecule has 0 saturated carbocycles. The van der Waals surface area contributed by atoms with Gasteiger partial charge in [0.15, 0.2) is 0 Å². The Labute approximate surface area is 163 Å². The lowest BCUT2D eigenvalue weighted by molar-refractivity contribution is 0.457. The molecule has 0 bridgehead atoms. The number of nitrogens with zero attached hydrogens (tertiary/aromatic N) is 5. The fourth-order valence-electron chi connectivity index (χ4n) is 3.00. The molecule has 0 aliphatic carbocycles. The second kappa shape index (κ2) is 7.23. The molecule has 2 aromatic carbocycles. The Morgan fingerprint density at radius 1 is 0.786 bits per heavy atom. The van der Waals surface area contributed by atoms with E-state index < -0.39 is 0 Å². The Hall–Kier alpha value is -3.54. The SMILES string of the molecule is Cc1ccc(C(C)(C)c2ccc(Oc3ccnc(-n4nccn4)n3)cc2)cc1. The minimum Gasteiger partial charge on any atom is -0.439 e. The van der Waals surface area contributed by atoms with Crippen LogP contribution in [0.2, 0.25) is 0 Å². The maximum Gasteiger partial charge on any atom is 0.271 e. The van der Waals surface area contributed by atoms with E-state index in [0.717, 1.165) is 0 Å². The zero-order valence-electron chi connectivity index (χ0n) is 16.1. The van der Waals surface area contributed by atoms with Crippen molar-refractivity contribution < 1.29 is 4.74 Å². The molecule has 6 heteroatoms. The monoisotopic (exact) mass is 371 g/mol. The van der Waals surface area contributed by atoms with Gasteiger partial charge in [-0.3, -0.25) is 0 Å². The standard InChI is InChI=1S/C22H21N5O/c1-16-4-6-17(7-5-16)22(2,3)18-8-10-19(11-9-18)28-20-12-13-23-21(26-20)27-24-14-15-25-27/h4-15H,1-3H3. The average Bonchev–Trinajstić information content (AvgIpc) is 3.24. The predicted octanol–water partition coefficient (Wildman–Crippen LogP) is 4.48. The number of rotatable bonds is 5. The molecule has 4 aromatic rings. The van der Waals surface area contributed by atoms with Crippen LogP contribution in [0.3, 0.4) is 0 Å². The first-order chi connectivity index (χ1) is 13.5. The van der Waals surface area contributed by atoms with Crippen LogP contribution in [0.1, 0.15) is 30.5 Å². The number of aryl methyl sites for hydroxylation is 1. The van der Waals surface area contributed by atoms with Crippen molar-refractivity contribution in [2.75, 3.05) is 0 Å². The summed E-state index contributed by atoms with van der Waals surface area (Å²) < 4.78 is 5.89. The quantitative estimate of drug-likeness (QED) is 0.517. The van der Waals surface area contributed by atoms with Gasteiger partial charge < -0.3 is 4.74 Å². The number of hydrogen-bond donors (Lipinski definition) is 0. The first kappa shape index (κ1) is 17.9.